The van der Waals surface area contributed by atoms with E-state index in [0.29, 0.717) is 6.54 Å². The molecular weight excluding hydrogens is 250 g/mol. The van der Waals surface area contributed by atoms with Crippen LogP contribution in [0.4, 0.5) is 4.79 Å². The molecule has 2 aliphatic rings. The molecule has 0 aromatic heterocycles. The van der Waals surface area contributed by atoms with Crippen LogP contribution in [0.3, 0.4) is 0 Å². The van der Waals surface area contributed by atoms with E-state index in [-0.39, 0.29) is 6.03 Å². The number of carbonyl (C=O) groups is 1. The first-order valence-electron chi connectivity index (χ1n) is 7.55. The minimum Gasteiger partial charge on any atom is -0.334 e. The Morgan fingerprint density at radius 3 is 2.65 bits per heavy atom. The summed E-state index contributed by atoms with van der Waals surface area (Å²) in [4.78, 5) is 16.6. The monoisotopic (exact) mass is 273 g/mol. The number of carbonyl (C=O) groups excluding carboxylic acids is 1. The highest BCUT2D eigenvalue weighted by Crippen LogP contribution is 2.27. The number of urea groups is 1. The van der Waals surface area contributed by atoms with E-state index in [1.807, 2.05) is 11.0 Å². The van der Waals surface area contributed by atoms with E-state index in [9.17, 15) is 4.79 Å². The number of aryl methyl sites for hydroxylation is 1. The molecule has 20 heavy (non-hydrogen) atoms. The fraction of sp³-hybridized carbons (Fsp3) is 0.562. The van der Waals surface area contributed by atoms with Gasteiger partial charge in [0.1, 0.15) is 0 Å². The molecule has 1 aliphatic heterocycles. The second-order valence-electron chi connectivity index (χ2n) is 5.90. The Balaban J connectivity index is 1.45. The zero-order valence-corrected chi connectivity index (χ0v) is 12.1. The first kappa shape index (κ1) is 13.4. The highest BCUT2D eigenvalue weighted by molar-refractivity contribution is 5.74. The van der Waals surface area contributed by atoms with Crippen molar-refractivity contribution in [2.45, 2.75) is 32.4 Å². The summed E-state index contributed by atoms with van der Waals surface area (Å²) in [5.41, 5.74) is 2.39. The van der Waals surface area contributed by atoms with Crippen molar-refractivity contribution in [2.24, 2.45) is 0 Å². The van der Waals surface area contributed by atoms with Crippen LogP contribution in [0.25, 0.3) is 0 Å². The number of piperazine rings is 1. The van der Waals surface area contributed by atoms with E-state index >= 15 is 0 Å². The second kappa shape index (κ2) is 5.83. The van der Waals surface area contributed by atoms with Gasteiger partial charge in [0, 0.05) is 38.8 Å². The molecule has 2 fully saturated rings. The SMILES string of the molecule is Cc1cccc(CNC(=O)N2CCN(C3CC3)CC2)c1. The molecule has 4 nitrogen and oxygen atoms in total. The Labute approximate surface area is 120 Å². The Morgan fingerprint density at radius 2 is 2.00 bits per heavy atom. The van der Waals surface area contributed by atoms with Crippen LogP contribution >= 0.6 is 0 Å². The lowest BCUT2D eigenvalue weighted by molar-refractivity contribution is 0.134. The average Bonchev–Trinajstić information content (AvgIpc) is 3.30. The molecule has 0 spiro atoms. The quantitative estimate of drug-likeness (QED) is 0.914. The maximum absolute atomic E-state index is 12.1. The normalized spacial score (nSPS) is 19.9. The summed E-state index contributed by atoms with van der Waals surface area (Å²) in [7, 11) is 0. The van der Waals surface area contributed by atoms with Crippen molar-refractivity contribution in [3.63, 3.8) is 0 Å². The van der Waals surface area contributed by atoms with Gasteiger partial charge < -0.3 is 10.2 Å². The van der Waals surface area contributed by atoms with E-state index in [2.05, 4.69) is 35.3 Å². The van der Waals surface area contributed by atoms with Crippen molar-refractivity contribution in [1.29, 1.82) is 0 Å². The van der Waals surface area contributed by atoms with Gasteiger partial charge in [-0.1, -0.05) is 29.8 Å². The third kappa shape index (κ3) is 3.31. The highest BCUT2D eigenvalue weighted by Gasteiger charge is 2.32. The summed E-state index contributed by atoms with van der Waals surface area (Å²) >= 11 is 0. The molecule has 0 unspecified atom stereocenters. The molecular formula is C16H23N3O. The third-order valence-electron chi connectivity index (χ3n) is 4.19. The third-order valence-corrected chi connectivity index (χ3v) is 4.19. The van der Waals surface area contributed by atoms with Crippen molar-refractivity contribution in [1.82, 2.24) is 15.1 Å². The van der Waals surface area contributed by atoms with Crippen LogP contribution in [0.5, 0.6) is 0 Å². The molecule has 1 aromatic carbocycles. The summed E-state index contributed by atoms with van der Waals surface area (Å²) in [5, 5.41) is 3.02. The lowest BCUT2D eigenvalue weighted by Gasteiger charge is -2.34. The average molecular weight is 273 g/mol. The highest BCUT2D eigenvalue weighted by atomic mass is 16.2. The minimum absolute atomic E-state index is 0.0713. The lowest BCUT2D eigenvalue weighted by atomic mass is 10.1. The van der Waals surface area contributed by atoms with Gasteiger partial charge in [-0.2, -0.15) is 0 Å². The van der Waals surface area contributed by atoms with Crippen molar-refractivity contribution in [2.75, 3.05) is 26.2 Å². The van der Waals surface area contributed by atoms with Gasteiger partial charge in [0.25, 0.3) is 0 Å². The number of hydrogen-bond acceptors (Lipinski definition) is 2. The van der Waals surface area contributed by atoms with Crippen molar-refractivity contribution in [3.05, 3.63) is 35.4 Å². The topological polar surface area (TPSA) is 35.6 Å². The standard InChI is InChI=1S/C16H23N3O/c1-13-3-2-4-14(11-13)12-17-16(20)19-9-7-18(8-10-19)15-5-6-15/h2-4,11,15H,5-10,12H2,1H3,(H,17,20). The van der Waals surface area contributed by atoms with Crippen molar-refractivity contribution < 1.29 is 4.79 Å². The van der Waals surface area contributed by atoms with Gasteiger partial charge in [0.05, 0.1) is 0 Å². The zero-order valence-electron chi connectivity index (χ0n) is 12.1. The number of nitrogens with zero attached hydrogens (tertiary/aromatic N) is 2. The Morgan fingerprint density at radius 1 is 1.25 bits per heavy atom. The largest absolute Gasteiger partial charge is 0.334 e. The number of amides is 2. The van der Waals surface area contributed by atoms with Crippen molar-refractivity contribution >= 4 is 6.03 Å². The number of benzene rings is 1. The summed E-state index contributed by atoms with van der Waals surface area (Å²) < 4.78 is 0. The maximum Gasteiger partial charge on any atom is 0.317 e. The molecule has 1 aromatic rings. The van der Waals surface area contributed by atoms with Gasteiger partial charge >= 0.3 is 6.03 Å². The van der Waals surface area contributed by atoms with Crippen LogP contribution in [-0.2, 0) is 6.54 Å². The molecule has 0 bridgehead atoms. The summed E-state index contributed by atoms with van der Waals surface area (Å²) in [6.45, 7) is 6.46. The van der Waals surface area contributed by atoms with Crippen LogP contribution < -0.4 is 5.32 Å². The molecule has 0 radical (unpaired) electrons. The summed E-state index contributed by atoms with van der Waals surface area (Å²) in [5.74, 6) is 0. The molecule has 0 atom stereocenters. The first-order valence-corrected chi connectivity index (χ1v) is 7.55. The molecule has 1 heterocycles. The molecule has 2 amide bonds. The van der Waals surface area contributed by atoms with E-state index in [1.54, 1.807) is 0 Å². The van der Waals surface area contributed by atoms with Crippen LogP contribution in [0.15, 0.2) is 24.3 Å². The Hall–Kier alpha value is -1.55. The molecule has 108 valence electrons. The van der Waals surface area contributed by atoms with Gasteiger partial charge in [-0.15, -0.1) is 0 Å². The van der Waals surface area contributed by atoms with E-state index in [0.717, 1.165) is 37.8 Å². The number of hydrogen-bond donors (Lipinski definition) is 1. The maximum atomic E-state index is 12.1. The molecule has 1 N–H and O–H groups in total. The fourth-order valence-electron chi connectivity index (χ4n) is 2.84. The zero-order chi connectivity index (χ0) is 13.9. The summed E-state index contributed by atoms with van der Waals surface area (Å²) in [6.07, 6.45) is 2.69. The number of nitrogens with one attached hydrogen (secondary N) is 1. The van der Waals surface area contributed by atoms with E-state index in [1.165, 1.54) is 18.4 Å². The lowest BCUT2D eigenvalue weighted by Crippen LogP contribution is -2.52. The van der Waals surface area contributed by atoms with E-state index < -0.39 is 0 Å². The molecule has 3 rings (SSSR count). The molecule has 1 saturated heterocycles. The fourth-order valence-corrected chi connectivity index (χ4v) is 2.84. The van der Waals surface area contributed by atoms with Gasteiger partial charge in [-0.3, -0.25) is 4.90 Å². The Kier molecular flexibility index (Phi) is 3.92. The predicted molar refractivity (Wildman–Crippen MR) is 79.6 cm³/mol. The smallest absolute Gasteiger partial charge is 0.317 e. The van der Waals surface area contributed by atoms with Crippen LogP contribution in [0, 0.1) is 6.92 Å². The summed E-state index contributed by atoms with van der Waals surface area (Å²) in [6, 6.07) is 9.16. The van der Waals surface area contributed by atoms with Crippen LogP contribution in [0.1, 0.15) is 24.0 Å². The van der Waals surface area contributed by atoms with Gasteiger partial charge in [0.15, 0.2) is 0 Å². The minimum atomic E-state index is 0.0713. The molecule has 1 aliphatic carbocycles. The van der Waals surface area contributed by atoms with Gasteiger partial charge in [-0.05, 0) is 25.3 Å². The first-order chi connectivity index (χ1) is 9.72. The predicted octanol–water partition coefficient (Wildman–Crippen LogP) is 1.98. The number of rotatable bonds is 3. The molecule has 4 heteroatoms. The van der Waals surface area contributed by atoms with Gasteiger partial charge in [0.2, 0.25) is 0 Å². The van der Waals surface area contributed by atoms with Crippen molar-refractivity contribution in [3.8, 4) is 0 Å². The Bertz CT molecular complexity index is 476. The molecule has 1 saturated carbocycles. The van der Waals surface area contributed by atoms with Gasteiger partial charge in [-0.25, -0.2) is 4.79 Å². The van der Waals surface area contributed by atoms with Crippen LogP contribution in [-0.4, -0.2) is 48.1 Å². The van der Waals surface area contributed by atoms with Crippen LogP contribution in [0.2, 0.25) is 0 Å². The second-order valence-corrected chi connectivity index (χ2v) is 5.90. The van der Waals surface area contributed by atoms with E-state index in [4.69, 9.17) is 0 Å².